The molecule has 1 aliphatic heterocycles. The molecule has 0 bridgehead atoms. The molecule has 1 fully saturated rings. The highest BCUT2D eigenvalue weighted by atomic mass is 32.2. The molecule has 0 radical (unpaired) electrons. The molecule has 6 nitrogen and oxygen atoms in total. The molecule has 3 N–H and O–H groups in total. The Bertz CT molecular complexity index is 291. The third-order valence-electron chi connectivity index (χ3n) is 2.34. The Morgan fingerprint density at radius 3 is 2.67 bits per heavy atom. The van der Waals surface area contributed by atoms with E-state index in [9.17, 15) is 8.42 Å². The van der Waals surface area contributed by atoms with Gasteiger partial charge in [-0.1, -0.05) is 0 Å². The molecule has 1 saturated heterocycles. The van der Waals surface area contributed by atoms with Gasteiger partial charge in [-0.25, -0.2) is 0 Å². The van der Waals surface area contributed by atoms with E-state index in [4.69, 9.17) is 4.55 Å². The number of hydrogen-bond acceptors (Lipinski definition) is 4. The lowest BCUT2D eigenvalue weighted by molar-refractivity contribution is -0.837. The van der Waals surface area contributed by atoms with Crippen molar-refractivity contribution in [3.8, 4) is 0 Å². The fourth-order valence-electron chi connectivity index (χ4n) is 1.58. The normalized spacial score (nSPS) is 22.3. The Morgan fingerprint density at radius 2 is 2.20 bits per heavy atom. The van der Waals surface area contributed by atoms with Gasteiger partial charge in [-0.3, -0.25) is 14.4 Å². The van der Waals surface area contributed by atoms with Gasteiger partial charge in [-0.2, -0.15) is 8.42 Å². The van der Waals surface area contributed by atoms with E-state index in [1.54, 1.807) is 0 Å². The Labute approximate surface area is 90.2 Å². The Kier molecular flexibility index (Phi) is 5.99. The van der Waals surface area contributed by atoms with Crippen molar-refractivity contribution < 1.29 is 23.3 Å². The van der Waals surface area contributed by atoms with Gasteiger partial charge in [0.15, 0.2) is 0 Å². The van der Waals surface area contributed by atoms with E-state index in [0.29, 0.717) is 6.42 Å². The van der Waals surface area contributed by atoms with Crippen molar-refractivity contribution in [2.75, 3.05) is 32.1 Å². The number of rotatable bonds is 5. The van der Waals surface area contributed by atoms with Gasteiger partial charge in [-0.15, -0.1) is 0 Å². The first-order valence-electron chi connectivity index (χ1n) is 4.66. The van der Waals surface area contributed by atoms with Crippen molar-refractivity contribution in [3.63, 3.8) is 0 Å². The van der Waals surface area contributed by atoms with Crippen LogP contribution in [0.4, 0.5) is 0 Å². The van der Waals surface area contributed by atoms with E-state index in [0.717, 1.165) is 26.3 Å². The second-order valence-corrected chi connectivity index (χ2v) is 5.10. The Morgan fingerprint density at radius 1 is 1.53 bits per heavy atom. The van der Waals surface area contributed by atoms with Crippen LogP contribution in [0, 0.1) is 0 Å². The molecule has 7 heteroatoms. The van der Waals surface area contributed by atoms with Crippen LogP contribution in [0.5, 0.6) is 0 Å². The molecule has 15 heavy (non-hydrogen) atoms. The van der Waals surface area contributed by atoms with Crippen LogP contribution >= 0.6 is 0 Å². The summed E-state index contributed by atoms with van der Waals surface area (Å²) in [4.78, 5) is 3.47. The summed E-state index contributed by atoms with van der Waals surface area (Å²) in [5, 5.41) is 0. The van der Waals surface area contributed by atoms with Crippen LogP contribution in [0.1, 0.15) is 6.42 Å². The summed E-state index contributed by atoms with van der Waals surface area (Å²) in [6, 6.07) is 0. The molecule has 0 saturated carbocycles. The Hall–Kier alpha value is -0.470. The predicted octanol–water partition coefficient (Wildman–Crippen LogP) is -1.61. The maximum atomic E-state index is 10.4. The minimum atomic E-state index is -3.79. The molecule has 1 heterocycles. The van der Waals surface area contributed by atoms with Gasteiger partial charge in [-0.05, 0) is 13.0 Å². The van der Waals surface area contributed by atoms with Crippen molar-refractivity contribution >= 4 is 10.1 Å². The zero-order valence-electron chi connectivity index (χ0n) is 8.59. The molecule has 0 aliphatic carbocycles. The standard InChI is InChI=1S/C8H16N2O3S.H2O/c1-2-9-5-6-10(8-9)4-3-7-14(11,12)13;/h2H,1,3-8H2,(H,11,12,13);1H2. The maximum Gasteiger partial charge on any atom is 0.264 e. The van der Waals surface area contributed by atoms with Gasteiger partial charge in [0.2, 0.25) is 0 Å². The summed E-state index contributed by atoms with van der Waals surface area (Å²) in [6.45, 7) is 7.29. The Balaban J connectivity index is 0.00000196. The van der Waals surface area contributed by atoms with Crippen molar-refractivity contribution in [2.24, 2.45) is 0 Å². The molecule has 1 aliphatic rings. The van der Waals surface area contributed by atoms with Gasteiger partial charge >= 0.3 is 0 Å². The molecule has 1 atom stereocenters. The monoisotopic (exact) mass is 238 g/mol. The number of nitrogens with zero attached hydrogens (tertiary/aromatic N) is 1. The summed E-state index contributed by atoms with van der Waals surface area (Å²) in [5.74, 6) is -0.146. The molecule has 0 amide bonds. The van der Waals surface area contributed by atoms with E-state index < -0.39 is 10.1 Å². The number of hydrogen-bond donors (Lipinski definition) is 2. The van der Waals surface area contributed by atoms with E-state index in [-0.39, 0.29) is 11.2 Å². The predicted molar refractivity (Wildman–Crippen MR) is 55.4 cm³/mol. The van der Waals surface area contributed by atoms with Crippen molar-refractivity contribution in [2.45, 2.75) is 6.42 Å². The lowest BCUT2D eigenvalue weighted by atomic mass is 10.4. The van der Waals surface area contributed by atoms with Gasteiger partial charge in [0, 0.05) is 6.54 Å². The van der Waals surface area contributed by atoms with Gasteiger partial charge in [0.25, 0.3) is 10.1 Å². The molecular formula is C8H18N2O4S. The first-order chi connectivity index (χ1) is 6.51. The minimum absolute atomic E-state index is 0. The number of quaternary nitrogens is 1. The highest BCUT2D eigenvalue weighted by Crippen LogP contribution is 1.94. The highest BCUT2D eigenvalue weighted by molar-refractivity contribution is 7.85. The molecule has 0 spiro atoms. The topological polar surface area (TPSA) is 92.0 Å². The quantitative estimate of drug-likeness (QED) is 0.562. The average molecular weight is 238 g/mol. The van der Waals surface area contributed by atoms with Gasteiger partial charge in [0.05, 0.1) is 25.0 Å². The first-order valence-corrected chi connectivity index (χ1v) is 6.27. The molecule has 0 aromatic rings. The summed E-state index contributed by atoms with van der Waals surface area (Å²) >= 11 is 0. The summed E-state index contributed by atoms with van der Waals surface area (Å²) in [7, 11) is -3.79. The largest absolute Gasteiger partial charge is 0.870 e. The molecular weight excluding hydrogens is 220 g/mol. The van der Waals surface area contributed by atoms with E-state index in [1.165, 1.54) is 4.90 Å². The molecule has 0 aromatic heterocycles. The van der Waals surface area contributed by atoms with Crippen LogP contribution in [-0.2, 0) is 10.1 Å². The fourth-order valence-corrected chi connectivity index (χ4v) is 2.07. The van der Waals surface area contributed by atoms with Gasteiger partial charge in [0.1, 0.15) is 6.67 Å². The average Bonchev–Trinajstić information content (AvgIpc) is 2.50. The van der Waals surface area contributed by atoms with Crippen LogP contribution in [0.15, 0.2) is 12.8 Å². The highest BCUT2D eigenvalue weighted by Gasteiger charge is 2.20. The van der Waals surface area contributed by atoms with Gasteiger partial charge < -0.3 is 5.48 Å². The van der Waals surface area contributed by atoms with E-state index in [1.807, 2.05) is 6.20 Å². The summed E-state index contributed by atoms with van der Waals surface area (Å²) in [5.41, 5.74) is 0. The number of nitrogens with one attached hydrogen (secondary N) is 1. The van der Waals surface area contributed by atoms with E-state index in [2.05, 4.69) is 11.5 Å². The smallest absolute Gasteiger partial charge is 0.264 e. The van der Waals surface area contributed by atoms with Crippen molar-refractivity contribution in [1.82, 2.24) is 4.90 Å². The zero-order valence-corrected chi connectivity index (χ0v) is 9.41. The van der Waals surface area contributed by atoms with Crippen LogP contribution in [0.25, 0.3) is 0 Å². The lowest BCUT2D eigenvalue weighted by Gasteiger charge is -2.11. The van der Waals surface area contributed by atoms with Crippen LogP contribution in [0.2, 0.25) is 0 Å². The SMILES string of the molecule is C=C[NH+]1CCN(CCCS(=O)(=O)O)C1.[OH-]. The molecule has 1 unspecified atom stereocenters. The van der Waals surface area contributed by atoms with Crippen LogP contribution in [-0.4, -0.2) is 55.4 Å². The third kappa shape index (κ3) is 5.85. The zero-order chi connectivity index (χ0) is 10.6. The fraction of sp³-hybridized carbons (Fsp3) is 0.750. The maximum absolute atomic E-state index is 10.4. The van der Waals surface area contributed by atoms with Crippen molar-refractivity contribution in [3.05, 3.63) is 12.8 Å². The lowest BCUT2D eigenvalue weighted by Crippen LogP contribution is -3.05. The molecule has 1 rings (SSSR count). The van der Waals surface area contributed by atoms with Crippen molar-refractivity contribution in [1.29, 1.82) is 0 Å². The molecule has 90 valence electrons. The summed E-state index contributed by atoms with van der Waals surface area (Å²) < 4.78 is 29.4. The second kappa shape index (κ2) is 6.19. The third-order valence-corrected chi connectivity index (χ3v) is 3.15. The van der Waals surface area contributed by atoms with Crippen LogP contribution < -0.4 is 4.90 Å². The minimum Gasteiger partial charge on any atom is -0.870 e. The van der Waals surface area contributed by atoms with Crippen LogP contribution in [0.3, 0.4) is 0 Å². The second-order valence-electron chi connectivity index (χ2n) is 3.53. The molecule has 0 aromatic carbocycles. The summed E-state index contributed by atoms with van der Waals surface area (Å²) in [6.07, 6.45) is 2.35. The first kappa shape index (κ1) is 14.5. The van der Waals surface area contributed by atoms with E-state index >= 15 is 0 Å².